The lowest BCUT2D eigenvalue weighted by Crippen LogP contribution is -3.11. The molecule has 1 aromatic heterocycles. The fourth-order valence-electron chi connectivity index (χ4n) is 7.63. The molecule has 0 fully saturated rings. The van der Waals surface area contributed by atoms with Crippen molar-refractivity contribution in [3.05, 3.63) is 189 Å². The molecule has 0 spiro atoms. The van der Waals surface area contributed by atoms with Crippen LogP contribution in [0.3, 0.4) is 0 Å². The molecule has 7 rings (SSSR count). The molecule has 1 atom stereocenters. The van der Waals surface area contributed by atoms with Gasteiger partial charge < -0.3 is 9.80 Å². The Labute approximate surface area is 345 Å². The summed E-state index contributed by atoms with van der Waals surface area (Å²) >= 11 is 8.42. The van der Waals surface area contributed by atoms with E-state index in [0.29, 0.717) is 51.9 Å². The lowest BCUT2D eigenvalue weighted by molar-refractivity contribution is -0.846. The largest absolute Gasteiger partial charge is 0.337 e. The van der Waals surface area contributed by atoms with Crippen LogP contribution in [0.5, 0.6) is 0 Å². The molecule has 1 heterocycles. The minimum Gasteiger partial charge on any atom is -0.337 e. The first-order valence-corrected chi connectivity index (χ1v) is 20.3. The maximum Gasteiger partial charge on any atom is 0.204 e. The van der Waals surface area contributed by atoms with Gasteiger partial charge in [0.15, 0.2) is 11.6 Å². The number of hydrogen-bond acceptors (Lipinski definition) is 4. The van der Waals surface area contributed by atoms with Crippen molar-refractivity contribution in [3.63, 3.8) is 0 Å². The molecule has 1 aliphatic carbocycles. The Morgan fingerprint density at radius 2 is 1.28 bits per heavy atom. The van der Waals surface area contributed by atoms with E-state index >= 15 is 17.6 Å². The van der Waals surface area contributed by atoms with E-state index in [4.69, 9.17) is 11.6 Å². The quantitative estimate of drug-likeness (QED) is 0.125. The number of quaternary nitrogens is 1. The fraction of sp³-hybridized carbons (Fsp3) is 0.146. The Balaban J connectivity index is 1.46. The van der Waals surface area contributed by atoms with Crippen molar-refractivity contribution in [2.75, 3.05) is 29.4 Å². The van der Waals surface area contributed by atoms with E-state index in [0.717, 1.165) is 32.3 Å². The van der Waals surface area contributed by atoms with Crippen molar-refractivity contribution in [2.45, 2.75) is 26.8 Å². The van der Waals surface area contributed by atoms with E-state index in [1.165, 1.54) is 47.7 Å². The highest BCUT2D eigenvalue weighted by Gasteiger charge is 2.31. The van der Waals surface area contributed by atoms with E-state index in [-0.39, 0.29) is 17.4 Å². The third-order valence-electron chi connectivity index (χ3n) is 10.3. The first-order chi connectivity index (χ1) is 28.2. The van der Waals surface area contributed by atoms with Gasteiger partial charge in [0, 0.05) is 51.1 Å². The number of nitriles is 1. The summed E-state index contributed by atoms with van der Waals surface area (Å²) in [5.41, 5.74) is 5.47. The number of halogens is 5. The van der Waals surface area contributed by atoms with Gasteiger partial charge in [0.1, 0.15) is 34.4 Å². The Hall–Kier alpha value is -5.92. The third-order valence-corrected chi connectivity index (χ3v) is 11.9. The molecule has 0 amide bonds. The highest BCUT2D eigenvalue weighted by Crippen LogP contribution is 2.51. The lowest BCUT2D eigenvalue weighted by Gasteiger charge is -2.26. The summed E-state index contributed by atoms with van der Waals surface area (Å²) in [6.07, 6.45) is 7.77. The first-order valence-electron chi connectivity index (χ1n) is 19.1. The van der Waals surface area contributed by atoms with E-state index in [1.807, 2.05) is 118 Å². The lowest BCUT2D eigenvalue weighted by atomic mass is 9.89. The molecule has 1 N–H and O–H groups in total. The number of anilines is 4. The monoisotopic (exact) mass is 815 g/mol. The van der Waals surface area contributed by atoms with Crippen LogP contribution >= 0.6 is 22.9 Å². The molecule has 5 aromatic carbocycles. The van der Waals surface area contributed by atoms with Crippen molar-refractivity contribution in [1.82, 2.24) is 0 Å². The van der Waals surface area contributed by atoms with Crippen molar-refractivity contribution in [3.8, 4) is 17.2 Å². The molecule has 0 bridgehead atoms. The number of allylic oxidation sites excluding steroid dienone is 3. The van der Waals surface area contributed by atoms with Gasteiger partial charge in [-0.05, 0) is 98.7 Å². The summed E-state index contributed by atoms with van der Waals surface area (Å²) in [5.74, 6) is -2.57. The van der Waals surface area contributed by atoms with Crippen LogP contribution in [0, 0.1) is 34.6 Å². The van der Waals surface area contributed by atoms with Gasteiger partial charge >= 0.3 is 0 Å². The van der Waals surface area contributed by atoms with E-state index in [9.17, 15) is 5.26 Å². The fourth-order valence-corrected chi connectivity index (χ4v) is 9.30. The van der Waals surface area contributed by atoms with Gasteiger partial charge in [-0.15, -0.1) is 11.3 Å². The number of nitrogens with zero attached hydrogens (tertiary/aromatic N) is 3. The second-order valence-electron chi connectivity index (χ2n) is 13.6. The van der Waals surface area contributed by atoms with Gasteiger partial charge in [0.2, 0.25) is 5.69 Å². The maximum atomic E-state index is 15.1. The Morgan fingerprint density at radius 3 is 1.84 bits per heavy atom. The van der Waals surface area contributed by atoms with E-state index < -0.39 is 23.3 Å². The Bertz CT molecular complexity index is 2520. The summed E-state index contributed by atoms with van der Waals surface area (Å²) in [7, 11) is 0. The van der Waals surface area contributed by atoms with Crippen LogP contribution in [0.25, 0.3) is 16.7 Å². The Morgan fingerprint density at radius 1 is 0.707 bits per heavy atom. The average Bonchev–Trinajstić information content (AvgIpc) is 3.60. The highest BCUT2D eigenvalue weighted by molar-refractivity contribution is 7.18. The zero-order valence-electron chi connectivity index (χ0n) is 32.1. The summed E-state index contributed by atoms with van der Waals surface area (Å²) in [4.78, 5) is 5.07. The SMILES string of the molecule is CCN(c1ccccc1)c1sc(C(=C2C=CC([NH+](CC)c3c(F)cccc3F)C=C2)c2ccc(N(CC)c3c(F)cccc3F)cc2)c(-c2ccccc2Cl)c1C#N. The molecule has 10 heteroatoms. The molecule has 0 saturated carbocycles. The molecule has 6 aromatic rings. The molecule has 0 aliphatic heterocycles. The second-order valence-corrected chi connectivity index (χ2v) is 15.0. The van der Waals surface area contributed by atoms with Crippen molar-refractivity contribution in [2.24, 2.45) is 0 Å². The van der Waals surface area contributed by atoms with Crippen LogP contribution in [0.4, 0.5) is 45.3 Å². The average molecular weight is 816 g/mol. The molecule has 4 nitrogen and oxygen atoms in total. The number of hydrogen-bond donors (Lipinski definition) is 1. The third kappa shape index (κ3) is 7.71. The van der Waals surface area contributed by atoms with Gasteiger partial charge in [0.25, 0.3) is 0 Å². The van der Waals surface area contributed by atoms with Crippen LogP contribution in [-0.2, 0) is 0 Å². The molecular weight excluding hydrogens is 776 g/mol. The molecule has 0 saturated heterocycles. The minimum absolute atomic E-state index is 0.0255. The number of rotatable bonds is 12. The van der Waals surface area contributed by atoms with E-state index in [2.05, 4.69) is 11.0 Å². The molecule has 58 heavy (non-hydrogen) atoms. The van der Waals surface area contributed by atoms with Crippen molar-refractivity contribution < 1.29 is 22.5 Å². The summed E-state index contributed by atoms with van der Waals surface area (Å²) in [6, 6.07) is 34.6. The standard InChI is InChI=1S/C48H39ClF4N4S/c1-4-55(45-39(50)18-12-19-40(45)51)34-26-22-31(23-27-34)43(32-24-28-35(29-25-32)56(5-2)46-41(52)20-13-21-42(46)53)47-44(36-16-10-11-17-38(36)49)37(30-54)48(58-47)57(6-3)33-14-8-7-9-15-33/h7-29,34H,4-6H2,1-3H3/p+1. The number of thiophene rings is 1. The number of nitrogens with one attached hydrogen (secondary N) is 1. The van der Waals surface area contributed by atoms with Crippen LogP contribution in [0.15, 0.2) is 145 Å². The first kappa shape index (κ1) is 40.3. The highest BCUT2D eigenvalue weighted by atomic mass is 35.5. The Kier molecular flexibility index (Phi) is 12.3. The predicted octanol–water partition coefficient (Wildman–Crippen LogP) is 12.3. The maximum absolute atomic E-state index is 15.1. The summed E-state index contributed by atoms with van der Waals surface area (Å²) in [6.45, 7) is 7.04. The molecular formula is C48H40ClF4N4S+. The second kappa shape index (κ2) is 17.7. The zero-order valence-corrected chi connectivity index (χ0v) is 33.7. The minimum atomic E-state index is -0.669. The van der Waals surface area contributed by atoms with E-state index in [1.54, 1.807) is 11.0 Å². The number of benzene rings is 5. The zero-order chi connectivity index (χ0) is 40.9. The van der Waals surface area contributed by atoms with Crippen molar-refractivity contribution in [1.29, 1.82) is 5.26 Å². The molecule has 1 unspecified atom stereocenters. The molecule has 1 aliphatic rings. The summed E-state index contributed by atoms with van der Waals surface area (Å²) in [5, 5.41) is 12.2. The topological polar surface area (TPSA) is 34.7 Å². The number of para-hydroxylation sites is 3. The predicted molar refractivity (Wildman–Crippen MR) is 230 cm³/mol. The van der Waals surface area contributed by atoms with Gasteiger partial charge in [-0.1, -0.05) is 84.4 Å². The molecule has 292 valence electrons. The van der Waals surface area contributed by atoms with Crippen molar-refractivity contribution >= 4 is 56.3 Å². The summed E-state index contributed by atoms with van der Waals surface area (Å²) < 4.78 is 60.3. The van der Waals surface area contributed by atoms with Crippen LogP contribution in [0.2, 0.25) is 5.02 Å². The number of likely N-dealkylation sites (N-methyl/N-ethyl adjacent to an activating group) is 1. The van der Waals surface area contributed by atoms with Crippen LogP contribution < -0.4 is 14.7 Å². The normalized spacial score (nSPS) is 14.0. The van der Waals surface area contributed by atoms with Crippen LogP contribution in [0.1, 0.15) is 36.8 Å². The van der Waals surface area contributed by atoms with Gasteiger partial charge in [-0.25, -0.2) is 17.6 Å². The van der Waals surface area contributed by atoms with Crippen LogP contribution in [-0.4, -0.2) is 25.7 Å². The smallest absolute Gasteiger partial charge is 0.204 e. The van der Waals surface area contributed by atoms with Gasteiger partial charge in [-0.3, -0.25) is 4.90 Å². The van der Waals surface area contributed by atoms with Gasteiger partial charge in [0.05, 0.1) is 12.1 Å². The van der Waals surface area contributed by atoms with Gasteiger partial charge in [-0.2, -0.15) is 5.26 Å². The molecule has 0 radical (unpaired) electrons.